The molecule has 376 valence electrons. The average Bonchev–Trinajstić information content (AvgIpc) is 3.26. The van der Waals surface area contributed by atoms with E-state index in [0.717, 1.165) is 22.3 Å². The summed E-state index contributed by atoms with van der Waals surface area (Å²) in [4.78, 5) is 0. The van der Waals surface area contributed by atoms with E-state index in [-0.39, 0.29) is 48.7 Å². The van der Waals surface area contributed by atoms with Crippen LogP contribution < -0.4 is 29.5 Å². The van der Waals surface area contributed by atoms with Gasteiger partial charge in [0.15, 0.2) is 58.2 Å². The standard InChI is InChI=1S/C56H52B2F10O4/c1-53(2,3)33-17-25-13-26-18-34(54(4,5)6)23-31-16-32-24-36(56(10,11)12)20-28-14-27-19-35(55(7,8)9)22-30(51(27)71-58(72-52(28)32)38-41(61)45(65)48(68)46(66)42(38)62)15-29(21-33)49(25)69-57(70-50(26)31)37-39(59)43(63)47(67)44(64)40(37)60/h17-24H,13-16H2,1-12H3. The highest BCUT2D eigenvalue weighted by molar-refractivity contribution is 6.63. The third kappa shape index (κ3) is 8.77. The van der Waals surface area contributed by atoms with Crippen molar-refractivity contribution >= 4 is 25.2 Å². The first kappa shape index (κ1) is 50.9. The van der Waals surface area contributed by atoms with Crippen molar-refractivity contribution in [2.24, 2.45) is 0 Å². The van der Waals surface area contributed by atoms with E-state index >= 15 is 35.1 Å². The zero-order chi connectivity index (χ0) is 52.6. The minimum atomic E-state index is -2.37. The highest BCUT2D eigenvalue weighted by Gasteiger charge is 2.45. The lowest BCUT2D eigenvalue weighted by Gasteiger charge is -2.33. The molecule has 72 heavy (non-hydrogen) atoms. The van der Waals surface area contributed by atoms with Crippen LogP contribution in [0.4, 0.5) is 43.9 Å². The zero-order valence-corrected chi connectivity index (χ0v) is 42.0. The second-order valence-electron chi connectivity index (χ2n) is 23.3. The molecule has 11 rings (SSSR count). The van der Waals surface area contributed by atoms with Gasteiger partial charge in [0.2, 0.25) is 0 Å². The molecule has 0 aromatic heterocycles. The van der Waals surface area contributed by atoms with Crippen LogP contribution in [0.15, 0.2) is 48.5 Å². The van der Waals surface area contributed by atoms with Crippen LogP contribution in [0.5, 0.6) is 23.0 Å². The average molecular weight is 1000 g/mol. The van der Waals surface area contributed by atoms with Crippen molar-refractivity contribution < 1.29 is 62.5 Å². The largest absolute Gasteiger partial charge is 0.639 e. The van der Waals surface area contributed by atoms with Crippen molar-refractivity contribution in [2.45, 2.75) is 130 Å². The summed E-state index contributed by atoms with van der Waals surface area (Å²) in [5, 5.41) is 0. The Balaban J connectivity index is 1.49. The molecule has 0 unspecified atom stereocenters. The van der Waals surface area contributed by atoms with E-state index in [0.29, 0.717) is 44.5 Å². The number of benzene rings is 6. The van der Waals surface area contributed by atoms with Crippen LogP contribution in [-0.4, -0.2) is 14.2 Å². The fourth-order valence-electron chi connectivity index (χ4n) is 9.60. The molecule has 0 N–H and O–H groups in total. The summed E-state index contributed by atoms with van der Waals surface area (Å²) < 4.78 is 183. The van der Waals surface area contributed by atoms with Gasteiger partial charge in [0.1, 0.15) is 23.0 Å². The molecular formula is C56H52B2F10O4. The molecule has 6 aromatic rings. The van der Waals surface area contributed by atoms with Crippen LogP contribution >= 0.6 is 0 Å². The third-order valence-electron chi connectivity index (χ3n) is 13.8. The van der Waals surface area contributed by atoms with Gasteiger partial charge >= 0.3 is 14.2 Å². The topological polar surface area (TPSA) is 36.9 Å². The van der Waals surface area contributed by atoms with Crippen LogP contribution in [0.1, 0.15) is 150 Å². The van der Waals surface area contributed by atoms with Gasteiger partial charge in [0.05, 0.1) is 10.9 Å². The van der Waals surface area contributed by atoms with Crippen molar-refractivity contribution in [1.29, 1.82) is 0 Å². The van der Waals surface area contributed by atoms with Crippen molar-refractivity contribution in [2.75, 3.05) is 0 Å². The van der Waals surface area contributed by atoms with Crippen molar-refractivity contribution in [3.63, 3.8) is 0 Å². The van der Waals surface area contributed by atoms with Crippen LogP contribution in [0.2, 0.25) is 0 Å². The Morgan fingerprint density at radius 2 is 0.431 bits per heavy atom. The van der Waals surface area contributed by atoms with Gasteiger partial charge in [0, 0.05) is 25.7 Å². The van der Waals surface area contributed by atoms with Gasteiger partial charge in [-0.2, -0.15) is 0 Å². The summed E-state index contributed by atoms with van der Waals surface area (Å²) in [6.07, 6.45) is -0.241. The van der Waals surface area contributed by atoms with Gasteiger partial charge in [-0.05, 0) is 88.4 Å². The molecule has 1 aliphatic carbocycles. The first-order chi connectivity index (χ1) is 33.3. The Hall–Kier alpha value is -6.05. The number of hydrogen-bond acceptors (Lipinski definition) is 4. The third-order valence-corrected chi connectivity index (χ3v) is 13.8. The SMILES string of the molecule is CC(C)(C)c1cc2c3c(c1)Cc1cc(C(C)(C)C)cc4c1OB(c1c(F)c(F)c(F)c(F)c1F)Oc1c(cc(C(C)(C)C)cc1Cc1cc(C(C)(C)C)cc(c1OB(c1c(F)c(F)c(F)c(F)c1F)O3)C2)C4. The van der Waals surface area contributed by atoms with Crippen LogP contribution in [0, 0.1) is 58.2 Å². The van der Waals surface area contributed by atoms with Crippen molar-refractivity contribution in [3.05, 3.63) is 173 Å². The second-order valence-corrected chi connectivity index (χ2v) is 23.3. The first-order valence-corrected chi connectivity index (χ1v) is 23.7. The van der Waals surface area contributed by atoms with Crippen LogP contribution in [-0.2, 0) is 47.3 Å². The van der Waals surface area contributed by atoms with E-state index in [2.05, 4.69) is 0 Å². The zero-order valence-electron chi connectivity index (χ0n) is 42.0. The maximum atomic E-state index is 16.3. The van der Waals surface area contributed by atoms with Gasteiger partial charge in [-0.15, -0.1) is 0 Å². The maximum absolute atomic E-state index is 16.3. The minimum Gasteiger partial charge on any atom is -0.521 e. The van der Waals surface area contributed by atoms with E-state index in [4.69, 9.17) is 18.6 Å². The van der Waals surface area contributed by atoms with E-state index in [1.54, 1.807) is 24.3 Å². The number of fused-ring (bicyclic) bond motifs is 4. The monoisotopic (exact) mass is 1000 g/mol. The predicted molar refractivity (Wildman–Crippen MR) is 258 cm³/mol. The molecule has 16 heteroatoms. The van der Waals surface area contributed by atoms with Crippen molar-refractivity contribution in [1.82, 2.24) is 0 Å². The lowest BCUT2D eigenvalue weighted by Crippen LogP contribution is -2.49. The molecule has 0 atom stereocenters. The number of rotatable bonds is 2. The van der Waals surface area contributed by atoms with E-state index in [1.165, 1.54) is 0 Å². The summed E-state index contributed by atoms with van der Waals surface area (Å²) in [6, 6.07) is 14.5. The minimum absolute atomic E-state index is 0.0342. The van der Waals surface area contributed by atoms with Gasteiger partial charge in [-0.1, -0.05) is 132 Å². The lowest BCUT2D eigenvalue weighted by molar-refractivity contribution is 0.373. The summed E-state index contributed by atoms with van der Waals surface area (Å²) in [5.41, 5.74) is 0.968. The number of hydrogen-bond donors (Lipinski definition) is 0. The quantitative estimate of drug-likeness (QED) is 0.0749. The molecule has 4 aliphatic heterocycles. The lowest BCUT2D eigenvalue weighted by atomic mass is 9.74. The molecule has 12 bridgehead atoms. The number of halogens is 10. The van der Waals surface area contributed by atoms with Gasteiger partial charge < -0.3 is 18.6 Å². The molecule has 0 saturated carbocycles. The summed E-state index contributed by atoms with van der Waals surface area (Å²) in [6.45, 7) is 23.5. The van der Waals surface area contributed by atoms with Gasteiger partial charge in [-0.3, -0.25) is 0 Å². The molecule has 6 aromatic carbocycles. The highest BCUT2D eigenvalue weighted by atomic mass is 19.2. The molecule has 4 heterocycles. The normalized spacial score (nSPS) is 14.7. The molecule has 0 fully saturated rings. The Morgan fingerprint density at radius 3 is 0.583 bits per heavy atom. The Bertz CT molecular complexity index is 2850. The van der Waals surface area contributed by atoms with Crippen LogP contribution in [0.25, 0.3) is 0 Å². The molecule has 0 saturated heterocycles. The molecule has 5 aliphatic rings. The molecule has 0 spiro atoms. The van der Waals surface area contributed by atoms with E-state index in [9.17, 15) is 8.78 Å². The molecule has 4 nitrogen and oxygen atoms in total. The van der Waals surface area contributed by atoms with Gasteiger partial charge in [0.25, 0.3) is 0 Å². The van der Waals surface area contributed by atoms with E-state index < -0.39 is 105 Å². The molecule has 0 radical (unpaired) electrons. The fourth-order valence-corrected chi connectivity index (χ4v) is 9.60. The summed E-state index contributed by atoms with van der Waals surface area (Å²) in [7, 11) is -4.60. The Morgan fingerprint density at radius 1 is 0.278 bits per heavy atom. The van der Waals surface area contributed by atoms with Crippen LogP contribution in [0.3, 0.4) is 0 Å². The Kier molecular flexibility index (Phi) is 12.2. The van der Waals surface area contributed by atoms with Gasteiger partial charge in [-0.25, -0.2) is 43.9 Å². The molecular weight excluding hydrogens is 948 g/mol. The predicted octanol–water partition coefficient (Wildman–Crippen LogP) is 13.3. The Labute approximate surface area is 413 Å². The first-order valence-electron chi connectivity index (χ1n) is 23.7. The van der Waals surface area contributed by atoms with E-state index in [1.807, 2.05) is 107 Å². The summed E-state index contributed by atoms with van der Waals surface area (Å²) >= 11 is 0. The second kappa shape index (κ2) is 17.3. The highest BCUT2D eigenvalue weighted by Crippen LogP contribution is 2.47. The smallest absolute Gasteiger partial charge is 0.521 e. The maximum Gasteiger partial charge on any atom is 0.639 e. The summed E-state index contributed by atoms with van der Waals surface area (Å²) in [5.74, 6) is -22.4. The molecule has 0 amide bonds. The van der Waals surface area contributed by atoms with Crippen molar-refractivity contribution in [3.8, 4) is 23.0 Å². The fraction of sp³-hybridized carbons (Fsp3) is 0.357.